The molecule has 4 aromatic rings. The van der Waals surface area contributed by atoms with E-state index in [9.17, 15) is 0 Å². The van der Waals surface area contributed by atoms with Crippen LogP contribution in [0.15, 0.2) is 81.6 Å². The van der Waals surface area contributed by atoms with E-state index >= 15 is 26.3 Å². The molecule has 45 heavy (non-hydrogen) atoms. The van der Waals surface area contributed by atoms with Crippen LogP contribution in [0.25, 0.3) is 32.0 Å². The fraction of sp³-hybridized carbons (Fsp3) is 0.314. The fourth-order valence-electron chi connectivity index (χ4n) is 7.73. The number of halogens is 6. The number of rotatable bonds is 4. The SMILES string of the molecule is CCC12Sc3cc(-c4ccc(C)s4)ccc3C1=C1C(=C3c4ccc(-c5ccc(C)s5)cc4SC32CC)C(F)(F)C(F)(F)C1(F)F. The van der Waals surface area contributed by atoms with Crippen LogP contribution >= 0.6 is 46.2 Å². The van der Waals surface area contributed by atoms with Crippen molar-refractivity contribution in [1.29, 1.82) is 0 Å². The maximum atomic E-state index is 16.2. The Morgan fingerprint density at radius 2 is 0.933 bits per heavy atom. The smallest absolute Gasteiger partial charge is 0.194 e. The summed E-state index contributed by atoms with van der Waals surface area (Å²) in [5.41, 5.74) is -0.0459. The molecular weight excluding hydrogens is 663 g/mol. The topological polar surface area (TPSA) is 0 Å². The van der Waals surface area contributed by atoms with Gasteiger partial charge in [-0.1, -0.05) is 38.1 Å². The van der Waals surface area contributed by atoms with Crippen molar-refractivity contribution >= 4 is 57.3 Å². The Labute approximate surface area is 273 Å². The van der Waals surface area contributed by atoms with Gasteiger partial charge in [0.05, 0.1) is 9.49 Å². The summed E-state index contributed by atoms with van der Waals surface area (Å²) in [6.07, 6.45) is 0.572. The minimum Gasteiger partial charge on any atom is -0.194 e. The van der Waals surface area contributed by atoms with Crippen molar-refractivity contribution in [1.82, 2.24) is 0 Å². The lowest BCUT2D eigenvalue weighted by molar-refractivity contribution is -0.257. The Balaban J connectivity index is 1.46. The molecule has 10 heteroatoms. The van der Waals surface area contributed by atoms with E-state index in [1.54, 1.807) is 46.9 Å². The molecule has 232 valence electrons. The van der Waals surface area contributed by atoms with Gasteiger partial charge >= 0.3 is 17.8 Å². The lowest BCUT2D eigenvalue weighted by Crippen LogP contribution is -2.51. The second-order valence-corrected chi connectivity index (χ2v) is 17.3. The van der Waals surface area contributed by atoms with Crippen LogP contribution in [0.2, 0.25) is 0 Å². The van der Waals surface area contributed by atoms with Gasteiger partial charge in [0.25, 0.3) is 0 Å². The first-order valence-electron chi connectivity index (χ1n) is 14.7. The molecule has 1 saturated carbocycles. The summed E-state index contributed by atoms with van der Waals surface area (Å²) in [4.78, 5) is 5.49. The van der Waals surface area contributed by atoms with Gasteiger partial charge in [-0.2, -0.15) is 26.3 Å². The lowest BCUT2D eigenvalue weighted by Gasteiger charge is -2.50. The van der Waals surface area contributed by atoms with E-state index in [0.717, 1.165) is 30.6 Å². The molecular formula is C35H26F6S4. The molecule has 0 spiro atoms. The van der Waals surface area contributed by atoms with Gasteiger partial charge in [0, 0.05) is 40.4 Å². The summed E-state index contributed by atoms with van der Waals surface area (Å²) in [7, 11) is 0. The first-order chi connectivity index (χ1) is 21.2. The van der Waals surface area contributed by atoms with Gasteiger partial charge < -0.3 is 0 Å². The van der Waals surface area contributed by atoms with Crippen LogP contribution in [0, 0.1) is 13.8 Å². The molecule has 2 aliphatic heterocycles. The van der Waals surface area contributed by atoms with E-state index in [-0.39, 0.29) is 24.0 Å². The predicted octanol–water partition coefficient (Wildman–Crippen LogP) is 12.4. The molecule has 4 heterocycles. The zero-order valence-corrected chi connectivity index (χ0v) is 27.9. The number of hydrogen-bond donors (Lipinski definition) is 0. The molecule has 2 aromatic carbocycles. The van der Waals surface area contributed by atoms with E-state index in [1.807, 2.05) is 64.1 Å². The Kier molecular flexibility index (Phi) is 6.23. The summed E-state index contributed by atoms with van der Waals surface area (Å²) in [5.74, 6) is -15.7. The summed E-state index contributed by atoms with van der Waals surface area (Å²) >= 11 is 5.94. The van der Waals surface area contributed by atoms with Crippen LogP contribution in [-0.2, 0) is 0 Å². The largest absolute Gasteiger partial charge is 0.380 e. The summed E-state index contributed by atoms with van der Waals surface area (Å²) in [6.45, 7) is 7.70. The number of fused-ring (bicyclic) bond motifs is 8. The van der Waals surface area contributed by atoms with Gasteiger partial charge in [-0.3, -0.25) is 0 Å². The van der Waals surface area contributed by atoms with Gasteiger partial charge in [0.15, 0.2) is 0 Å². The van der Waals surface area contributed by atoms with E-state index in [0.29, 0.717) is 20.9 Å². The molecule has 0 amide bonds. The molecule has 0 radical (unpaired) electrons. The van der Waals surface area contributed by atoms with E-state index in [1.165, 1.54) is 23.5 Å². The van der Waals surface area contributed by atoms with Gasteiger partial charge in [-0.25, -0.2) is 0 Å². The van der Waals surface area contributed by atoms with Crippen molar-refractivity contribution in [2.75, 3.05) is 0 Å². The molecule has 0 nitrogen and oxygen atoms in total. The first kappa shape index (κ1) is 30.0. The zero-order chi connectivity index (χ0) is 31.9. The van der Waals surface area contributed by atoms with Crippen molar-refractivity contribution in [2.24, 2.45) is 0 Å². The maximum absolute atomic E-state index is 16.2. The molecule has 8 rings (SSSR count). The lowest BCUT2D eigenvalue weighted by atomic mass is 9.65. The first-order valence-corrected chi connectivity index (χ1v) is 18.0. The highest BCUT2D eigenvalue weighted by molar-refractivity contribution is 8.06. The van der Waals surface area contributed by atoms with Gasteiger partial charge in [0.2, 0.25) is 0 Å². The molecule has 2 unspecified atom stereocenters. The number of thioether (sulfide) groups is 2. The van der Waals surface area contributed by atoms with E-state index in [2.05, 4.69) is 0 Å². The highest BCUT2D eigenvalue weighted by Gasteiger charge is 2.85. The number of allylic oxidation sites excluding steroid dienone is 2. The van der Waals surface area contributed by atoms with Crippen molar-refractivity contribution in [3.8, 4) is 20.9 Å². The molecule has 0 bridgehead atoms. The van der Waals surface area contributed by atoms with E-state index < -0.39 is 38.4 Å². The van der Waals surface area contributed by atoms with Crippen LogP contribution in [0.4, 0.5) is 26.3 Å². The summed E-state index contributed by atoms with van der Waals surface area (Å²) in [6, 6.07) is 18.7. The maximum Gasteiger partial charge on any atom is 0.380 e. The number of thiophene rings is 2. The van der Waals surface area contributed by atoms with Gasteiger partial charge in [-0.15, -0.1) is 46.2 Å². The zero-order valence-electron chi connectivity index (χ0n) is 24.6. The molecule has 2 aliphatic carbocycles. The summed E-state index contributed by atoms with van der Waals surface area (Å²) < 4.78 is 93.3. The third kappa shape index (κ3) is 3.50. The molecule has 0 N–H and O–H groups in total. The van der Waals surface area contributed by atoms with Crippen molar-refractivity contribution in [2.45, 2.75) is 77.6 Å². The average Bonchev–Trinajstić information content (AvgIpc) is 3.79. The monoisotopic (exact) mass is 688 g/mol. The minimum atomic E-state index is -5.59. The molecule has 2 aromatic heterocycles. The van der Waals surface area contributed by atoms with Crippen molar-refractivity contribution in [3.63, 3.8) is 0 Å². The van der Waals surface area contributed by atoms with Crippen LogP contribution in [0.3, 0.4) is 0 Å². The molecule has 4 aliphatic rings. The summed E-state index contributed by atoms with van der Waals surface area (Å²) in [5, 5.41) is 0. The predicted molar refractivity (Wildman–Crippen MR) is 175 cm³/mol. The minimum absolute atomic E-state index is 0.0595. The highest BCUT2D eigenvalue weighted by atomic mass is 32.2. The Morgan fingerprint density at radius 1 is 0.533 bits per heavy atom. The Hall–Kier alpha value is -2.40. The van der Waals surface area contributed by atoms with Gasteiger partial charge in [0.1, 0.15) is 0 Å². The van der Waals surface area contributed by atoms with Crippen LogP contribution in [-0.4, -0.2) is 27.3 Å². The molecule has 1 fully saturated rings. The van der Waals surface area contributed by atoms with Crippen molar-refractivity contribution in [3.05, 3.63) is 92.7 Å². The standard InChI is InChI=1S/C35H26F6S4/c1-5-31-27(21-11-9-19(15-25(21)44-31)23-13-7-17(3)42-23)29-30(34(38,39)35(40,41)33(29,36)37)28-22-12-10-20(24-14-8-18(4)43-24)16-26(22)45-32(28,31)6-2/h7-16H,5-6H2,1-4H3. The van der Waals surface area contributed by atoms with Crippen LogP contribution in [0.1, 0.15) is 47.6 Å². The number of aryl methyl sites for hydroxylation is 2. The highest BCUT2D eigenvalue weighted by Crippen LogP contribution is 2.79. The van der Waals surface area contributed by atoms with E-state index in [4.69, 9.17) is 0 Å². The van der Waals surface area contributed by atoms with Gasteiger partial charge in [-0.05, 0) is 96.5 Å². The molecule has 0 saturated heterocycles. The number of alkyl halides is 6. The van der Waals surface area contributed by atoms with Crippen LogP contribution in [0.5, 0.6) is 0 Å². The second kappa shape index (κ2) is 9.36. The van der Waals surface area contributed by atoms with Crippen LogP contribution < -0.4 is 0 Å². The Morgan fingerprint density at radius 3 is 1.27 bits per heavy atom. The Bertz CT molecular complexity index is 1870. The third-order valence-electron chi connectivity index (χ3n) is 9.74. The molecule has 2 atom stereocenters. The quantitative estimate of drug-likeness (QED) is 0.196. The second-order valence-electron chi connectivity index (χ2n) is 12.0. The average molecular weight is 689 g/mol. The number of hydrogen-bond acceptors (Lipinski definition) is 4. The number of benzene rings is 2. The fourth-order valence-corrected chi connectivity index (χ4v) is 13.1. The third-order valence-corrected chi connectivity index (χ3v) is 15.5. The normalized spacial score (nSPS) is 26.5. The van der Waals surface area contributed by atoms with Crippen molar-refractivity contribution < 1.29 is 26.3 Å².